The third-order valence-electron chi connectivity index (χ3n) is 2.78. The maximum absolute atomic E-state index is 11.4. The summed E-state index contributed by atoms with van der Waals surface area (Å²) in [4.78, 5) is 11.4. The summed E-state index contributed by atoms with van der Waals surface area (Å²) in [5, 5.41) is 0. The second kappa shape index (κ2) is 6.83. The maximum atomic E-state index is 11.4. The van der Waals surface area contributed by atoms with Gasteiger partial charge in [0.25, 0.3) is 0 Å². The monoisotopic (exact) mass is 214 g/mol. The Morgan fingerprint density at radius 3 is 2.60 bits per heavy atom. The molecule has 3 nitrogen and oxygen atoms in total. The van der Waals surface area contributed by atoms with E-state index in [-0.39, 0.29) is 12.1 Å². The summed E-state index contributed by atoms with van der Waals surface area (Å²) >= 11 is 0. The Balaban J connectivity index is 2.12. The second-order valence-corrected chi connectivity index (χ2v) is 4.21. The van der Waals surface area contributed by atoms with E-state index in [2.05, 4.69) is 6.92 Å². The van der Waals surface area contributed by atoms with Crippen LogP contribution in [-0.2, 0) is 14.3 Å². The SMILES string of the molecule is CCCCCCOC(C(=O)OC)C1CC1. The van der Waals surface area contributed by atoms with E-state index in [1.54, 1.807) is 0 Å². The molecule has 0 aromatic carbocycles. The standard InChI is InChI=1S/C12H22O3/c1-3-4-5-6-9-15-11(10-7-8-10)12(13)14-2/h10-11H,3-9H2,1-2H3. The Hall–Kier alpha value is -0.570. The van der Waals surface area contributed by atoms with Gasteiger partial charge in [-0.15, -0.1) is 0 Å². The Kier molecular flexibility index (Phi) is 5.69. The topological polar surface area (TPSA) is 35.5 Å². The van der Waals surface area contributed by atoms with Crippen molar-refractivity contribution in [3.8, 4) is 0 Å². The van der Waals surface area contributed by atoms with Crippen molar-refractivity contribution in [2.75, 3.05) is 13.7 Å². The van der Waals surface area contributed by atoms with E-state index in [1.807, 2.05) is 0 Å². The lowest BCUT2D eigenvalue weighted by molar-refractivity contribution is -0.155. The van der Waals surface area contributed by atoms with Gasteiger partial charge in [-0.3, -0.25) is 0 Å². The molecular formula is C12H22O3. The van der Waals surface area contributed by atoms with Crippen LogP contribution in [0.25, 0.3) is 0 Å². The number of esters is 1. The van der Waals surface area contributed by atoms with Gasteiger partial charge < -0.3 is 9.47 Å². The highest BCUT2D eigenvalue weighted by molar-refractivity contribution is 5.75. The minimum absolute atomic E-state index is 0.201. The van der Waals surface area contributed by atoms with Crippen LogP contribution in [0.5, 0.6) is 0 Å². The van der Waals surface area contributed by atoms with Gasteiger partial charge in [-0.05, 0) is 25.2 Å². The molecule has 0 bridgehead atoms. The smallest absolute Gasteiger partial charge is 0.335 e. The predicted molar refractivity (Wildman–Crippen MR) is 58.6 cm³/mol. The van der Waals surface area contributed by atoms with Gasteiger partial charge in [0.2, 0.25) is 0 Å². The first-order valence-corrected chi connectivity index (χ1v) is 5.99. The summed E-state index contributed by atoms with van der Waals surface area (Å²) in [7, 11) is 1.43. The van der Waals surface area contributed by atoms with Crippen LogP contribution in [0, 0.1) is 5.92 Å². The zero-order valence-corrected chi connectivity index (χ0v) is 9.83. The van der Waals surface area contributed by atoms with Gasteiger partial charge >= 0.3 is 5.97 Å². The van der Waals surface area contributed by atoms with Crippen LogP contribution in [0.3, 0.4) is 0 Å². The summed E-state index contributed by atoms with van der Waals surface area (Å²) in [5.74, 6) is 0.219. The average Bonchev–Trinajstić information content (AvgIpc) is 3.06. The fraction of sp³-hybridized carbons (Fsp3) is 0.917. The highest BCUT2D eigenvalue weighted by atomic mass is 16.6. The molecule has 0 spiro atoms. The molecule has 1 saturated carbocycles. The number of unbranched alkanes of at least 4 members (excludes halogenated alkanes) is 3. The summed E-state index contributed by atoms with van der Waals surface area (Å²) in [6, 6.07) is 0. The van der Waals surface area contributed by atoms with Crippen LogP contribution in [0.2, 0.25) is 0 Å². The molecule has 0 radical (unpaired) electrons. The number of hydrogen-bond donors (Lipinski definition) is 0. The average molecular weight is 214 g/mol. The Morgan fingerprint density at radius 2 is 2.07 bits per heavy atom. The third-order valence-corrected chi connectivity index (χ3v) is 2.78. The van der Waals surface area contributed by atoms with Crippen molar-refractivity contribution in [1.82, 2.24) is 0 Å². The molecule has 1 atom stereocenters. The number of carbonyl (C=O) groups is 1. The number of rotatable bonds is 8. The number of carbonyl (C=O) groups excluding carboxylic acids is 1. The van der Waals surface area contributed by atoms with Crippen LogP contribution >= 0.6 is 0 Å². The minimum Gasteiger partial charge on any atom is -0.467 e. The van der Waals surface area contributed by atoms with Crippen molar-refractivity contribution < 1.29 is 14.3 Å². The first kappa shape index (κ1) is 12.5. The van der Waals surface area contributed by atoms with E-state index in [9.17, 15) is 4.79 Å². The molecule has 1 aliphatic rings. The fourth-order valence-corrected chi connectivity index (χ4v) is 1.65. The molecule has 15 heavy (non-hydrogen) atoms. The Labute approximate surface area is 92.1 Å². The van der Waals surface area contributed by atoms with Crippen molar-refractivity contribution in [1.29, 1.82) is 0 Å². The molecule has 0 aromatic rings. The first-order chi connectivity index (χ1) is 7.29. The van der Waals surface area contributed by atoms with Crippen LogP contribution in [0.4, 0.5) is 0 Å². The van der Waals surface area contributed by atoms with Crippen molar-refractivity contribution in [3.63, 3.8) is 0 Å². The molecule has 1 rings (SSSR count). The van der Waals surface area contributed by atoms with Crippen LogP contribution in [0.15, 0.2) is 0 Å². The van der Waals surface area contributed by atoms with Gasteiger partial charge in [0, 0.05) is 6.61 Å². The first-order valence-electron chi connectivity index (χ1n) is 5.99. The third kappa shape index (κ3) is 4.65. The Morgan fingerprint density at radius 1 is 1.33 bits per heavy atom. The van der Waals surface area contributed by atoms with Gasteiger partial charge in [-0.1, -0.05) is 26.2 Å². The molecule has 0 N–H and O–H groups in total. The number of hydrogen-bond acceptors (Lipinski definition) is 3. The highest BCUT2D eigenvalue weighted by Gasteiger charge is 2.37. The second-order valence-electron chi connectivity index (χ2n) is 4.21. The van der Waals surface area contributed by atoms with E-state index in [0.29, 0.717) is 12.5 Å². The lowest BCUT2D eigenvalue weighted by atomic mass is 10.2. The van der Waals surface area contributed by atoms with Crippen molar-refractivity contribution >= 4 is 5.97 Å². The van der Waals surface area contributed by atoms with Crippen LogP contribution < -0.4 is 0 Å². The molecule has 0 aromatic heterocycles. The number of methoxy groups -OCH3 is 1. The summed E-state index contributed by atoms with van der Waals surface area (Å²) in [5.41, 5.74) is 0. The van der Waals surface area contributed by atoms with E-state index in [4.69, 9.17) is 9.47 Å². The lowest BCUT2D eigenvalue weighted by Gasteiger charge is -2.14. The molecule has 88 valence electrons. The highest BCUT2D eigenvalue weighted by Crippen LogP contribution is 2.34. The van der Waals surface area contributed by atoms with Crippen molar-refractivity contribution in [2.24, 2.45) is 5.92 Å². The van der Waals surface area contributed by atoms with Gasteiger partial charge in [-0.2, -0.15) is 0 Å². The van der Waals surface area contributed by atoms with Crippen molar-refractivity contribution in [3.05, 3.63) is 0 Å². The van der Waals surface area contributed by atoms with Gasteiger partial charge in [0.1, 0.15) is 0 Å². The molecule has 0 aliphatic heterocycles. The van der Waals surface area contributed by atoms with Crippen LogP contribution in [-0.4, -0.2) is 25.8 Å². The molecule has 0 saturated heterocycles. The molecule has 1 unspecified atom stereocenters. The van der Waals surface area contributed by atoms with Crippen LogP contribution in [0.1, 0.15) is 45.4 Å². The summed E-state index contributed by atoms with van der Waals surface area (Å²) < 4.78 is 10.3. The Bertz CT molecular complexity index is 187. The van der Waals surface area contributed by atoms with Gasteiger partial charge in [0.15, 0.2) is 6.10 Å². The number of ether oxygens (including phenoxy) is 2. The molecule has 1 aliphatic carbocycles. The fourth-order valence-electron chi connectivity index (χ4n) is 1.65. The van der Waals surface area contributed by atoms with E-state index < -0.39 is 0 Å². The largest absolute Gasteiger partial charge is 0.467 e. The predicted octanol–water partition coefficient (Wildman–Crippen LogP) is 2.53. The molecule has 0 heterocycles. The lowest BCUT2D eigenvalue weighted by Crippen LogP contribution is -2.28. The molecular weight excluding hydrogens is 192 g/mol. The zero-order chi connectivity index (χ0) is 11.1. The zero-order valence-electron chi connectivity index (χ0n) is 9.83. The van der Waals surface area contributed by atoms with Crippen molar-refractivity contribution in [2.45, 2.75) is 51.6 Å². The van der Waals surface area contributed by atoms with Gasteiger partial charge in [0.05, 0.1) is 7.11 Å². The minimum atomic E-state index is -0.295. The van der Waals surface area contributed by atoms with E-state index in [0.717, 1.165) is 19.3 Å². The summed E-state index contributed by atoms with van der Waals surface area (Å²) in [6.45, 7) is 2.87. The molecule has 1 fully saturated rings. The maximum Gasteiger partial charge on any atom is 0.335 e. The summed E-state index contributed by atoms with van der Waals surface area (Å²) in [6.07, 6.45) is 6.63. The van der Waals surface area contributed by atoms with E-state index in [1.165, 1.54) is 26.4 Å². The van der Waals surface area contributed by atoms with E-state index >= 15 is 0 Å². The molecule has 3 heteroatoms. The normalized spacial score (nSPS) is 17.5. The van der Waals surface area contributed by atoms with Gasteiger partial charge in [-0.25, -0.2) is 4.79 Å². The quantitative estimate of drug-likeness (QED) is 0.460. The molecule has 0 amide bonds.